The van der Waals surface area contributed by atoms with Crippen molar-refractivity contribution in [1.29, 1.82) is 0 Å². The van der Waals surface area contributed by atoms with Gasteiger partial charge in [0.2, 0.25) is 0 Å². The minimum Gasteiger partial charge on any atom is -0.303 e. The minimum atomic E-state index is 0.417. The monoisotopic (exact) mass is 275 g/mol. The first-order valence-electron chi connectivity index (χ1n) is 6.19. The van der Waals surface area contributed by atoms with Gasteiger partial charge in [0.15, 0.2) is 0 Å². The summed E-state index contributed by atoms with van der Waals surface area (Å²) in [4.78, 5) is 2.64. The molecule has 0 amide bonds. The van der Waals surface area contributed by atoms with Crippen molar-refractivity contribution in [2.45, 2.75) is 47.0 Å². The maximum absolute atomic E-state index is 3.61. The topological polar surface area (TPSA) is 3.24 Å². The smallest absolute Gasteiger partial charge is 0.00949 e. The number of rotatable bonds is 4. The van der Waals surface area contributed by atoms with Crippen LogP contribution in [0.15, 0.2) is 0 Å². The summed E-state index contributed by atoms with van der Waals surface area (Å²) in [5.41, 5.74) is 1.04. The Morgan fingerprint density at radius 3 is 2.20 bits per heavy atom. The van der Waals surface area contributed by atoms with Gasteiger partial charge in [-0.15, -0.1) is 0 Å². The lowest BCUT2D eigenvalue weighted by atomic mass is 9.78. The third-order valence-corrected chi connectivity index (χ3v) is 5.45. The van der Waals surface area contributed by atoms with Crippen LogP contribution in [0.4, 0.5) is 0 Å². The van der Waals surface area contributed by atoms with E-state index >= 15 is 0 Å². The second-order valence-corrected chi connectivity index (χ2v) is 6.80. The van der Waals surface area contributed by atoms with Crippen molar-refractivity contribution in [1.82, 2.24) is 4.90 Å². The minimum absolute atomic E-state index is 0.417. The van der Waals surface area contributed by atoms with E-state index in [1.165, 1.54) is 38.9 Å². The molecule has 2 heteroatoms. The highest BCUT2D eigenvalue weighted by Crippen LogP contribution is 2.35. The molecule has 0 aromatic carbocycles. The van der Waals surface area contributed by atoms with Crippen LogP contribution in [-0.4, -0.2) is 29.9 Å². The van der Waals surface area contributed by atoms with Gasteiger partial charge in [0, 0.05) is 11.9 Å². The summed E-state index contributed by atoms with van der Waals surface area (Å²) in [6, 6.07) is 0. The highest BCUT2D eigenvalue weighted by molar-refractivity contribution is 9.09. The largest absolute Gasteiger partial charge is 0.303 e. The number of halogens is 1. The van der Waals surface area contributed by atoms with Crippen LogP contribution < -0.4 is 0 Å². The molecule has 0 radical (unpaired) electrons. The fourth-order valence-electron chi connectivity index (χ4n) is 2.25. The van der Waals surface area contributed by atoms with E-state index in [1.807, 2.05) is 0 Å². The van der Waals surface area contributed by atoms with Gasteiger partial charge in [-0.2, -0.15) is 0 Å². The molecule has 0 bridgehead atoms. The van der Waals surface area contributed by atoms with Gasteiger partial charge in [-0.25, -0.2) is 0 Å². The van der Waals surface area contributed by atoms with Gasteiger partial charge in [-0.05, 0) is 36.8 Å². The standard InChI is InChI=1S/C13H26BrN/c1-5-13(4)6-8-15(9-7-13)11-12(2,3)10-14/h5-11H2,1-4H3. The lowest BCUT2D eigenvalue weighted by Gasteiger charge is -2.41. The summed E-state index contributed by atoms with van der Waals surface area (Å²) < 4.78 is 0. The Labute approximate surface area is 104 Å². The molecule has 1 nitrogen and oxygen atoms in total. The maximum Gasteiger partial charge on any atom is 0.00949 e. The summed E-state index contributed by atoms with van der Waals surface area (Å²) in [6.45, 7) is 13.3. The van der Waals surface area contributed by atoms with Gasteiger partial charge in [0.05, 0.1) is 0 Å². The SMILES string of the molecule is CCC1(C)CCN(CC(C)(C)CBr)CC1. The van der Waals surface area contributed by atoms with E-state index in [2.05, 4.69) is 48.5 Å². The number of nitrogens with zero attached hydrogens (tertiary/aromatic N) is 1. The Kier molecular flexibility index (Phi) is 4.66. The molecule has 0 spiro atoms. The Balaban J connectivity index is 2.38. The molecule has 0 saturated carbocycles. The predicted octanol–water partition coefficient (Wildman–Crippen LogP) is 3.92. The van der Waals surface area contributed by atoms with Crippen LogP contribution in [0.5, 0.6) is 0 Å². The fourth-order valence-corrected chi connectivity index (χ4v) is 2.43. The van der Waals surface area contributed by atoms with Crippen LogP contribution in [0.1, 0.15) is 47.0 Å². The average Bonchev–Trinajstić information content (AvgIpc) is 2.22. The molecule has 1 heterocycles. The fraction of sp³-hybridized carbons (Fsp3) is 1.00. The molecule has 0 aromatic rings. The number of hydrogen-bond donors (Lipinski definition) is 0. The first-order valence-corrected chi connectivity index (χ1v) is 7.31. The molecule has 1 fully saturated rings. The van der Waals surface area contributed by atoms with Crippen LogP contribution >= 0.6 is 15.9 Å². The summed E-state index contributed by atoms with van der Waals surface area (Å²) in [6.07, 6.45) is 4.09. The van der Waals surface area contributed by atoms with Crippen LogP contribution in [0, 0.1) is 10.8 Å². The van der Waals surface area contributed by atoms with Gasteiger partial charge in [-0.3, -0.25) is 0 Å². The molecule has 0 N–H and O–H groups in total. The number of alkyl halides is 1. The lowest BCUT2D eigenvalue weighted by Crippen LogP contribution is -2.43. The second kappa shape index (κ2) is 5.18. The van der Waals surface area contributed by atoms with Crippen molar-refractivity contribution in [2.24, 2.45) is 10.8 Å². The first-order chi connectivity index (χ1) is 6.91. The van der Waals surface area contributed by atoms with Crippen LogP contribution in [0.25, 0.3) is 0 Å². The van der Waals surface area contributed by atoms with Crippen molar-refractivity contribution < 1.29 is 0 Å². The van der Waals surface area contributed by atoms with E-state index in [4.69, 9.17) is 0 Å². The molecule has 1 aliphatic rings. The highest BCUT2D eigenvalue weighted by Gasteiger charge is 2.30. The molecular formula is C13H26BrN. The van der Waals surface area contributed by atoms with Crippen molar-refractivity contribution in [3.63, 3.8) is 0 Å². The van der Waals surface area contributed by atoms with Gasteiger partial charge >= 0.3 is 0 Å². The molecule has 90 valence electrons. The first kappa shape index (κ1) is 13.5. The summed E-state index contributed by atoms with van der Waals surface area (Å²) in [5, 5.41) is 1.10. The summed E-state index contributed by atoms with van der Waals surface area (Å²) >= 11 is 3.61. The lowest BCUT2D eigenvalue weighted by molar-refractivity contribution is 0.0891. The van der Waals surface area contributed by atoms with Crippen LogP contribution in [-0.2, 0) is 0 Å². The van der Waals surface area contributed by atoms with Gasteiger partial charge < -0.3 is 4.90 Å². The van der Waals surface area contributed by atoms with E-state index in [0.717, 1.165) is 5.33 Å². The molecule has 0 unspecified atom stereocenters. The Morgan fingerprint density at radius 2 is 1.80 bits per heavy atom. The zero-order valence-electron chi connectivity index (χ0n) is 10.8. The third kappa shape index (κ3) is 4.07. The van der Waals surface area contributed by atoms with Crippen molar-refractivity contribution in [3.8, 4) is 0 Å². The summed E-state index contributed by atoms with van der Waals surface area (Å²) in [7, 11) is 0. The predicted molar refractivity (Wildman–Crippen MR) is 71.6 cm³/mol. The number of hydrogen-bond acceptors (Lipinski definition) is 1. The third-order valence-electron chi connectivity index (χ3n) is 3.93. The van der Waals surface area contributed by atoms with E-state index in [-0.39, 0.29) is 0 Å². The van der Waals surface area contributed by atoms with E-state index in [9.17, 15) is 0 Å². The zero-order valence-corrected chi connectivity index (χ0v) is 12.4. The van der Waals surface area contributed by atoms with E-state index in [1.54, 1.807) is 0 Å². The Morgan fingerprint density at radius 1 is 1.27 bits per heavy atom. The van der Waals surface area contributed by atoms with Crippen molar-refractivity contribution >= 4 is 15.9 Å². The average molecular weight is 276 g/mol. The van der Waals surface area contributed by atoms with Crippen LogP contribution in [0.2, 0.25) is 0 Å². The molecule has 0 aromatic heterocycles. The highest BCUT2D eigenvalue weighted by atomic mass is 79.9. The van der Waals surface area contributed by atoms with Gasteiger partial charge in [-0.1, -0.05) is 50.0 Å². The Hall–Kier alpha value is 0.440. The number of likely N-dealkylation sites (tertiary alicyclic amines) is 1. The molecule has 1 aliphatic heterocycles. The molecular weight excluding hydrogens is 250 g/mol. The maximum atomic E-state index is 3.61. The molecule has 0 atom stereocenters. The van der Waals surface area contributed by atoms with Crippen molar-refractivity contribution in [3.05, 3.63) is 0 Å². The second-order valence-electron chi connectivity index (χ2n) is 6.24. The van der Waals surface area contributed by atoms with E-state index < -0.39 is 0 Å². The van der Waals surface area contributed by atoms with Crippen molar-refractivity contribution in [2.75, 3.05) is 25.0 Å². The molecule has 15 heavy (non-hydrogen) atoms. The van der Waals surface area contributed by atoms with Crippen LogP contribution in [0.3, 0.4) is 0 Å². The number of piperidine rings is 1. The van der Waals surface area contributed by atoms with Gasteiger partial charge in [0.25, 0.3) is 0 Å². The Bertz CT molecular complexity index is 193. The summed E-state index contributed by atoms with van der Waals surface area (Å²) in [5.74, 6) is 0. The van der Waals surface area contributed by atoms with E-state index in [0.29, 0.717) is 10.8 Å². The van der Waals surface area contributed by atoms with Gasteiger partial charge in [0.1, 0.15) is 0 Å². The molecule has 1 saturated heterocycles. The zero-order chi connectivity index (χ0) is 11.5. The normalized spacial score (nSPS) is 23.0. The molecule has 0 aliphatic carbocycles. The quantitative estimate of drug-likeness (QED) is 0.703. The molecule has 1 rings (SSSR count).